The number of hydrogen-bond acceptors (Lipinski definition) is 3. The molecule has 4 nitrogen and oxygen atoms in total. The van der Waals surface area contributed by atoms with Crippen molar-refractivity contribution in [2.45, 2.75) is 51.1 Å². The Balaban J connectivity index is 1.91. The zero-order valence-corrected chi connectivity index (χ0v) is 12.3. The molecule has 0 atom stereocenters. The van der Waals surface area contributed by atoms with Crippen LogP contribution < -0.4 is 5.32 Å². The summed E-state index contributed by atoms with van der Waals surface area (Å²) in [5, 5.41) is 3.25. The SMILES string of the molecule is CNCCc1nc(C2CCCC2)n2c1CN(C)CC2. The molecule has 1 aromatic rings. The van der Waals surface area contributed by atoms with E-state index in [9.17, 15) is 0 Å². The third-order valence-corrected chi connectivity index (χ3v) is 4.64. The summed E-state index contributed by atoms with van der Waals surface area (Å²) < 4.78 is 2.54. The van der Waals surface area contributed by atoms with Crippen LogP contribution in [-0.2, 0) is 19.5 Å². The van der Waals surface area contributed by atoms with Gasteiger partial charge in [-0.3, -0.25) is 4.90 Å². The van der Waals surface area contributed by atoms with Crippen molar-refractivity contribution in [1.82, 2.24) is 19.8 Å². The van der Waals surface area contributed by atoms with Crippen LogP contribution in [0, 0.1) is 0 Å². The molecule has 0 aromatic carbocycles. The number of likely N-dealkylation sites (N-methyl/N-ethyl adjacent to an activating group) is 2. The van der Waals surface area contributed by atoms with Crippen LogP contribution in [0.3, 0.4) is 0 Å². The van der Waals surface area contributed by atoms with Gasteiger partial charge in [0, 0.05) is 38.5 Å². The Morgan fingerprint density at radius 2 is 2.05 bits per heavy atom. The van der Waals surface area contributed by atoms with Crippen molar-refractivity contribution in [3.8, 4) is 0 Å². The molecule has 2 aliphatic rings. The maximum atomic E-state index is 5.04. The maximum Gasteiger partial charge on any atom is 0.112 e. The second-order valence-corrected chi connectivity index (χ2v) is 6.09. The van der Waals surface area contributed by atoms with Gasteiger partial charge in [0.2, 0.25) is 0 Å². The predicted molar refractivity (Wildman–Crippen MR) is 77.4 cm³/mol. The van der Waals surface area contributed by atoms with Crippen LogP contribution in [0.5, 0.6) is 0 Å². The van der Waals surface area contributed by atoms with E-state index in [1.54, 1.807) is 0 Å². The molecule has 1 aliphatic carbocycles. The smallest absolute Gasteiger partial charge is 0.112 e. The maximum absolute atomic E-state index is 5.04. The molecule has 4 heteroatoms. The fourth-order valence-electron chi connectivity index (χ4n) is 3.53. The Morgan fingerprint density at radius 1 is 1.26 bits per heavy atom. The number of nitrogens with zero attached hydrogens (tertiary/aromatic N) is 3. The van der Waals surface area contributed by atoms with Crippen molar-refractivity contribution in [2.24, 2.45) is 0 Å². The molecule has 0 bridgehead atoms. The molecular weight excluding hydrogens is 236 g/mol. The zero-order valence-electron chi connectivity index (χ0n) is 12.3. The van der Waals surface area contributed by atoms with E-state index < -0.39 is 0 Å². The molecule has 19 heavy (non-hydrogen) atoms. The van der Waals surface area contributed by atoms with Crippen LogP contribution in [0.25, 0.3) is 0 Å². The van der Waals surface area contributed by atoms with Gasteiger partial charge in [-0.1, -0.05) is 12.8 Å². The van der Waals surface area contributed by atoms with E-state index in [0.717, 1.165) is 38.5 Å². The van der Waals surface area contributed by atoms with Crippen molar-refractivity contribution in [1.29, 1.82) is 0 Å². The second kappa shape index (κ2) is 5.63. The Labute approximate surface area is 116 Å². The summed E-state index contributed by atoms with van der Waals surface area (Å²) in [4.78, 5) is 7.46. The monoisotopic (exact) mass is 262 g/mol. The van der Waals surface area contributed by atoms with Crippen LogP contribution >= 0.6 is 0 Å². The molecule has 0 spiro atoms. The molecular formula is C15H26N4. The fraction of sp³-hybridized carbons (Fsp3) is 0.800. The van der Waals surface area contributed by atoms with Gasteiger partial charge in [-0.05, 0) is 26.9 Å². The van der Waals surface area contributed by atoms with E-state index in [2.05, 4.69) is 21.8 Å². The van der Waals surface area contributed by atoms with Crippen LogP contribution in [-0.4, -0.2) is 41.6 Å². The highest BCUT2D eigenvalue weighted by Crippen LogP contribution is 2.35. The molecule has 1 saturated carbocycles. The molecule has 0 saturated heterocycles. The largest absolute Gasteiger partial charge is 0.329 e. The molecule has 2 heterocycles. The highest BCUT2D eigenvalue weighted by atomic mass is 15.2. The van der Waals surface area contributed by atoms with Gasteiger partial charge >= 0.3 is 0 Å². The van der Waals surface area contributed by atoms with Crippen molar-refractivity contribution < 1.29 is 0 Å². The molecule has 1 aliphatic heterocycles. The minimum atomic E-state index is 0.727. The van der Waals surface area contributed by atoms with E-state index in [-0.39, 0.29) is 0 Å². The Kier molecular flexibility index (Phi) is 3.89. The van der Waals surface area contributed by atoms with Crippen molar-refractivity contribution >= 4 is 0 Å². The lowest BCUT2D eigenvalue weighted by Crippen LogP contribution is -2.31. The summed E-state index contributed by atoms with van der Waals surface area (Å²) in [5.74, 6) is 2.12. The van der Waals surface area contributed by atoms with Gasteiger partial charge in [0.1, 0.15) is 5.82 Å². The molecule has 3 rings (SSSR count). The molecule has 1 aromatic heterocycles. The van der Waals surface area contributed by atoms with Crippen LogP contribution in [0.1, 0.15) is 48.8 Å². The third kappa shape index (κ3) is 2.56. The van der Waals surface area contributed by atoms with E-state index in [1.807, 2.05) is 7.05 Å². The Morgan fingerprint density at radius 3 is 2.79 bits per heavy atom. The average Bonchev–Trinajstić information content (AvgIpc) is 3.03. The first kappa shape index (κ1) is 13.1. The number of hydrogen-bond donors (Lipinski definition) is 1. The summed E-state index contributed by atoms with van der Waals surface area (Å²) in [6.45, 7) is 4.38. The van der Waals surface area contributed by atoms with Crippen molar-refractivity contribution in [3.63, 3.8) is 0 Å². The molecule has 1 N–H and O–H groups in total. The highest BCUT2D eigenvalue weighted by Gasteiger charge is 2.28. The van der Waals surface area contributed by atoms with E-state index in [1.165, 1.54) is 42.9 Å². The van der Waals surface area contributed by atoms with Crippen LogP contribution in [0.4, 0.5) is 0 Å². The normalized spacial score (nSPS) is 20.9. The van der Waals surface area contributed by atoms with E-state index in [4.69, 9.17) is 4.98 Å². The molecule has 0 unspecified atom stereocenters. The molecule has 1 fully saturated rings. The quantitative estimate of drug-likeness (QED) is 0.897. The molecule has 0 radical (unpaired) electrons. The fourth-order valence-corrected chi connectivity index (χ4v) is 3.53. The van der Waals surface area contributed by atoms with E-state index >= 15 is 0 Å². The minimum Gasteiger partial charge on any atom is -0.329 e. The standard InChI is InChI=1S/C15H26N4/c1-16-8-7-13-14-11-18(2)9-10-19(14)15(17-13)12-5-3-4-6-12/h12,16H,3-11H2,1-2H3. The third-order valence-electron chi connectivity index (χ3n) is 4.64. The first-order valence-electron chi connectivity index (χ1n) is 7.71. The van der Waals surface area contributed by atoms with E-state index in [0.29, 0.717) is 0 Å². The summed E-state index contributed by atoms with van der Waals surface area (Å²) in [7, 11) is 4.24. The van der Waals surface area contributed by atoms with Gasteiger partial charge < -0.3 is 9.88 Å². The number of nitrogens with one attached hydrogen (secondary N) is 1. The van der Waals surface area contributed by atoms with Crippen LogP contribution in [0.15, 0.2) is 0 Å². The first-order chi connectivity index (χ1) is 9.29. The summed E-state index contributed by atoms with van der Waals surface area (Å²) in [6.07, 6.45) is 6.53. The average molecular weight is 262 g/mol. The van der Waals surface area contributed by atoms with Crippen molar-refractivity contribution in [3.05, 3.63) is 17.2 Å². The number of imidazole rings is 1. The van der Waals surface area contributed by atoms with Crippen LogP contribution in [0.2, 0.25) is 0 Å². The number of aromatic nitrogens is 2. The van der Waals surface area contributed by atoms with Crippen molar-refractivity contribution in [2.75, 3.05) is 27.2 Å². The lowest BCUT2D eigenvalue weighted by molar-refractivity contribution is 0.264. The highest BCUT2D eigenvalue weighted by molar-refractivity contribution is 5.22. The Hall–Kier alpha value is -0.870. The van der Waals surface area contributed by atoms with Gasteiger partial charge in [0.15, 0.2) is 0 Å². The van der Waals surface area contributed by atoms with Gasteiger partial charge in [-0.2, -0.15) is 0 Å². The van der Waals surface area contributed by atoms with Gasteiger partial charge in [-0.25, -0.2) is 4.98 Å². The zero-order chi connectivity index (χ0) is 13.2. The Bertz CT molecular complexity index is 432. The summed E-state index contributed by atoms with van der Waals surface area (Å²) >= 11 is 0. The lowest BCUT2D eigenvalue weighted by Gasteiger charge is -2.26. The minimum absolute atomic E-state index is 0.727. The van der Waals surface area contributed by atoms with Gasteiger partial charge in [-0.15, -0.1) is 0 Å². The van der Waals surface area contributed by atoms with Gasteiger partial charge in [0.25, 0.3) is 0 Å². The topological polar surface area (TPSA) is 33.1 Å². The van der Waals surface area contributed by atoms with Gasteiger partial charge in [0.05, 0.1) is 11.4 Å². The lowest BCUT2D eigenvalue weighted by atomic mass is 10.1. The number of rotatable bonds is 4. The molecule has 0 amide bonds. The number of fused-ring (bicyclic) bond motifs is 1. The summed E-state index contributed by atoms with van der Waals surface area (Å²) in [6, 6.07) is 0. The second-order valence-electron chi connectivity index (χ2n) is 6.09. The summed E-state index contributed by atoms with van der Waals surface area (Å²) in [5.41, 5.74) is 2.81. The predicted octanol–water partition coefficient (Wildman–Crippen LogP) is 1.75. The molecule has 106 valence electrons. The first-order valence-corrected chi connectivity index (χ1v) is 7.71.